The molecule has 3 heterocycles. The first-order valence-corrected chi connectivity index (χ1v) is 16.7. The zero-order valence-electron chi connectivity index (χ0n) is 28.7. The molecule has 0 spiro atoms. The van der Waals surface area contributed by atoms with Crippen molar-refractivity contribution in [2.45, 2.75) is 66.7 Å². The zero-order valence-corrected chi connectivity index (χ0v) is 28.7. The summed E-state index contributed by atoms with van der Waals surface area (Å²) in [6.45, 7) is 15.9. The summed E-state index contributed by atoms with van der Waals surface area (Å²) in [6, 6.07) is 25.0. The lowest BCUT2D eigenvalue weighted by atomic mass is 9.71. The van der Waals surface area contributed by atoms with Crippen molar-refractivity contribution < 1.29 is 9.47 Å². The van der Waals surface area contributed by atoms with Crippen LogP contribution in [-0.4, -0.2) is 26.4 Å². The van der Waals surface area contributed by atoms with Gasteiger partial charge in [-0.25, -0.2) is 9.67 Å². The molecule has 0 bridgehead atoms. The van der Waals surface area contributed by atoms with Gasteiger partial charge in [0.2, 0.25) is 0 Å². The molecule has 47 heavy (non-hydrogen) atoms. The molecule has 6 nitrogen and oxygen atoms in total. The standard InChI is InChI=1S/C41H44N4O2/c1-24(2)41-40(39-27(5)17-25(3)18-28(39)6)29(7)43-45(41)30-19-26(4)20-33(21-30)47-32-13-14-35-34-11-9-10-12-36(34)44(37(35)22-32)38-23-31(46-8)15-16-42-38/h9-17,19-25,28,39H,18H2,1-8H3/t25?,28-,39+/m0/s1. The van der Waals surface area contributed by atoms with Crippen LogP contribution >= 0.6 is 0 Å². The van der Waals surface area contributed by atoms with Crippen LogP contribution < -0.4 is 9.47 Å². The Morgan fingerprint density at radius 3 is 2.38 bits per heavy atom. The fourth-order valence-electron chi connectivity index (χ4n) is 7.95. The highest BCUT2D eigenvalue weighted by Crippen LogP contribution is 2.45. The monoisotopic (exact) mass is 624 g/mol. The Balaban J connectivity index is 1.31. The van der Waals surface area contributed by atoms with Crippen LogP contribution in [0.25, 0.3) is 33.3 Å². The normalized spacial score (nSPS) is 18.2. The van der Waals surface area contributed by atoms with E-state index in [-0.39, 0.29) is 0 Å². The maximum Gasteiger partial charge on any atom is 0.141 e. The highest BCUT2D eigenvalue weighted by atomic mass is 16.5. The largest absolute Gasteiger partial charge is 0.497 e. The summed E-state index contributed by atoms with van der Waals surface area (Å²) in [6.07, 6.45) is 5.44. The Bertz CT molecular complexity index is 2150. The van der Waals surface area contributed by atoms with Gasteiger partial charge < -0.3 is 9.47 Å². The van der Waals surface area contributed by atoms with Crippen molar-refractivity contribution in [1.82, 2.24) is 19.3 Å². The fraction of sp³-hybridized carbons (Fsp3) is 0.317. The smallest absolute Gasteiger partial charge is 0.141 e. The van der Waals surface area contributed by atoms with Crippen LogP contribution in [0.3, 0.4) is 0 Å². The number of para-hydroxylation sites is 1. The first kappa shape index (κ1) is 30.8. The van der Waals surface area contributed by atoms with Crippen LogP contribution in [0.15, 0.2) is 90.6 Å². The van der Waals surface area contributed by atoms with Crippen molar-refractivity contribution in [3.8, 4) is 28.8 Å². The predicted molar refractivity (Wildman–Crippen MR) is 192 cm³/mol. The van der Waals surface area contributed by atoms with Crippen molar-refractivity contribution in [2.75, 3.05) is 7.11 Å². The molecule has 3 aromatic heterocycles. The molecule has 3 aromatic carbocycles. The zero-order chi connectivity index (χ0) is 33.0. The average molecular weight is 625 g/mol. The van der Waals surface area contributed by atoms with Gasteiger partial charge in [0.1, 0.15) is 23.1 Å². The van der Waals surface area contributed by atoms with Gasteiger partial charge in [-0.05, 0) is 86.9 Å². The summed E-state index contributed by atoms with van der Waals surface area (Å²) < 4.78 is 16.5. The molecule has 1 aliphatic carbocycles. The lowest BCUT2D eigenvalue weighted by molar-refractivity contribution is 0.389. The molecule has 0 amide bonds. The highest BCUT2D eigenvalue weighted by molar-refractivity contribution is 6.09. The van der Waals surface area contributed by atoms with Crippen LogP contribution in [0, 0.1) is 25.7 Å². The van der Waals surface area contributed by atoms with Crippen molar-refractivity contribution in [3.63, 3.8) is 0 Å². The molecule has 0 saturated heterocycles. The molecule has 6 aromatic rings. The molecule has 7 rings (SSSR count). The summed E-state index contributed by atoms with van der Waals surface area (Å²) in [5.74, 6) is 4.97. The van der Waals surface area contributed by atoms with Gasteiger partial charge in [-0.3, -0.25) is 4.57 Å². The SMILES string of the molecule is COc1ccnc(-n2c3ccccc3c3ccc(Oc4cc(C)cc(-n5nc(C)c([C@@H]6C(C)=CC(C)C[C@@H]6C)c5C(C)C)c4)cc32)c1. The number of nitrogens with zero attached hydrogens (tertiary/aromatic N) is 4. The Morgan fingerprint density at radius 1 is 0.830 bits per heavy atom. The number of benzene rings is 3. The van der Waals surface area contributed by atoms with Gasteiger partial charge in [0.15, 0.2) is 0 Å². The molecule has 6 heteroatoms. The number of methoxy groups -OCH3 is 1. The van der Waals surface area contributed by atoms with E-state index in [0.717, 1.165) is 61.8 Å². The van der Waals surface area contributed by atoms with Crippen molar-refractivity contribution in [2.24, 2.45) is 11.8 Å². The van der Waals surface area contributed by atoms with Gasteiger partial charge >= 0.3 is 0 Å². The topological polar surface area (TPSA) is 54.1 Å². The lowest BCUT2D eigenvalue weighted by Gasteiger charge is -2.33. The van der Waals surface area contributed by atoms with Crippen molar-refractivity contribution in [1.29, 1.82) is 0 Å². The van der Waals surface area contributed by atoms with Crippen LogP contribution in [0.5, 0.6) is 17.2 Å². The predicted octanol–water partition coefficient (Wildman–Crippen LogP) is 10.6. The molecular weight excluding hydrogens is 580 g/mol. The van der Waals surface area contributed by atoms with E-state index in [0.29, 0.717) is 23.7 Å². The molecule has 3 atom stereocenters. The number of allylic oxidation sites excluding steroid dienone is 2. The number of hydrogen-bond donors (Lipinski definition) is 0. The Kier molecular flexibility index (Phi) is 7.91. The van der Waals surface area contributed by atoms with E-state index < -0.39 is 0 Å². The van der Waals surface area contributed by atoms with Crippen LogP contribution in [-0.2, 0) is 0 Å². The number of ether oxygens (including phenoxy) is 2. The summed E-state index contributed by atoms with van der Waals surface area (Å²) >= 11 is 0. The third-order valence-electron chi connectivity index (χ3n) is 9.70. The number of pyridine rings is 1. The third-order valence-corrected chi connectivity index (χ3v) is 9.70. The molecule has 1 aliphatic rings. The second-order valence-electron chi connectivity index (χ2n) is 13.7. The van der Waals surface area contributed by atoms with E-state index >= 15 is 0 Å². The van der Waals surface area contributed by atoms with E-state index in [4.69, 9.17) is 19.6 Å². The number of rotatable bonds is 7. The van der Waals surface area contributed by atoms with E-state index in [1.165, 1.54) is 23.3 Å². The number of aryl methyl sites for hydroxylation is 2. The van der Waals surface area contributed by atoms with Gasteiger partial charge in [0.05, 0.1) is 35.2 Å². The van der Waals surface area contributed by atoms with Crippen molar-refractivity contribution >= 4 is 21.8 Å². The van der Waals surface area contributed by atoms with E-state index in [1.807, 2.05) is 12.1 Å². The summed E-state index contributed by atoms with van der Waals surface area (Å²) in [5, 5.41) is 7.49. The average Bonchev–Trinajstić information content (AvgIpc) is 3.55. The second-order valence-corrected chi connectivity index (χ2v) is 13.7. The lowest BCUT2D eigenvalue weighted by Crippen LogP contribution is -2.21. The molecule has 0 radical (unpaired) electrons. The van der Waals surface area contributed by atoms with E-state index in [9.17, 15) is 0 Å². The van der Waals surface area contributed by atoms with Gasteiger partial charge in [0, 0.05) is 46.6 Å². The molecular formula is C41H44N4O2. The molecule has 0 N–H and O–H groups in total. The fourth-order valence-corrected chi connectivity index (χ4v) is 7.95. The first-order chi connectivity index (χ1) is 22.6. The van der Waals surface area contributed by atoms with Gasteiger partial charge in [-0.1, -0.05) is 57.5 Å². The maximum absolute atomic E-state index is 6.65. The molecule has 0 fully saturated rings. The van der Waals surface area contributed by atoms with Gasteiger partial charge in [-0.2, -0.15) is 5.10 Å². The van der Waals surface area contributed by atoms with E-state index in [2.05, 4.69) is 124 Å². The summed E-state index contributed by atoms with van der Waals surface area (Å²) in [5.41, 5.74) is 9.49. The first-order valence-electron chi connectivity index (χ1n) is 16.7. The summed E-state index contributed by atoms with van der Waals surface area (Å²) in [7, 11) is 1.68. The minimum absolute atomic E-state index is 0.310. The quantitative estimate of drug-likeness (QED) is 0.166. The molecule has 240 valence electrons. The number of aromatic nitrogens is 4. The highest BCUT2D eigenvalue weighted by Gasteiger charge is 2.33. The minimum Gasteiger partial charge on any atom is -0.497 e. The molecule has 0 aliphatic heterocycles. The maximum atomic E-state index is 6.65. The second kappa shape index (κ2) is 12.1. The van der Waals surface area contributed by atoms with Crippen LogP contribution in [0.4, 0.5) is 0 Å². The third kappa shape index (κ3) is 5.50. The Morgan fingerprint density at radius 2 is 1.62 bits per heavy atom. The van der Waals surface area contributed by atoms with E-state index in [1.54, 1.807) is 13.3 Å². The number of fused-ring (bicyclic) bond motifs is 3. The van der Waals surface area contributed by atoms with Crippen molar-refractivity contribution in [3.05, 3.63) is 113 Å². The Labute approximate surface area is 277 Å². The van der Waals surface area contributed by atoms with Gasteiger partial charge in [0.25, 0.3) is 0 Å². The minimum atomic E-state index is 0.310. The number of hydrogen-bond acceptors (Lipinski definition) is 4. The Hall–Kier alpha value is -4.84. The van der Waals surface area contributed by atoms with Gasteiger partial charge in [-0.15, -0.1) is 0 Å². The molecule has 0 saturated carbocycles. The summed E-state index contributed by atoms with van der Waals surface area (Å²) in [4.78, 5) is 4.71. The molecule has 1 unspecified atom stereocenters. The van der Waals surface area contributed by atoms with Crippen LogP contribution in [0.1, 0.15) is 75.4 Å². The van der Waals surface area contributed by atoms with Crippen LogP contribution in [0.2, 0.25) is 0 Å².